The maximum atomic E-state index is 12.4. The average molecular weight is 341 g/mol. The van der Waals surface area contributed by atoms with E-state index in [-0.39, 0.29) is 12.5 Å². The normalized spacial score (nSPS) is 11.0. The minimum Gasteiger partial charge on any atom is -0.493 e. The zero-order valence-corrected chi connectivity index (χ0v) is 14.7. The van der Waals surface area contributed by atoms with E-state index in [0.717, 1.165) is 16.9 Å². The summed E-state index contributed by atoms with van der Waals surface area (Å²) in [5.74, 6) is -0.494. The van der Waals surface area contributed by atoms with Gasteiger partial charge in [0.05, 0.1) is 12.0 Å². The van der Waals surface area contributed by atoms with Crippen LogP contribution >= 0.6 is 0 Å². The third-order valence-electron chi connectivity index (χ3n) is 3.89. The summed E-state index contributed by atoms with van der Waals surface area (Å²) in [6.07, 6.45) is 0. The Morgan fingerprint density at radius 1 is 1.12 bits per heavy atom. The highest BCUT2D eigenvalue weighted by Crippen LogP contribution is 2.30. The number of hydrogen-bond acceptors (Lipinski definition) is 3. The molecule has 0 atom stereocenters. The summed E-state index contributed by atoms with van der Waals surface area (Å²) >= 11 is 0. The van der Waals surface area contributed by atoms with Crippen molar-refractivity contribution in [3.63, 3.8) is 0 Å². The van der Waals surface area contributed by atoms with E-state index in [4.69, 9.17) is 9.84 Å². The van der Waals surface area contributed by atoms with E-state index in [0.29, 0.717) is 12.2 Å². The Kier molecular flexibility index (Phi) is 5.80. The summed E-state index contributed by atoms with van der Waals surface area (Å²) in [6.45, 7) is 5.68. The van der Waals surface area contributed by atoms with Crippen LogP contribution in [0.25, 0.3) is 11.1 Å². The second-order valence-electron chi connectivity index (χ2n) is 6.38. The fraction of sp³-hybridized carbons (Fsp3) is 0.300. The first-order chi connectivity index (χ1) is 11.8. The average Bonchev–Trinajstić information content (AvgIpc) is 2.60. The number of amides is 1. The summed E-state index contributed by atoms with van der Waals surface area (Å²) in [7, 11) is 0. The van der Waals surface area contributed by atoms with Gasteiger partial charge in [0.2, 0.25) is 0 Å². The van der Waals surface area contributed by atoms with Crippen LogP contribution in [0.3, 0.4) is 0 Å². The van der Waals surface area contributed by atoms with Crippen LogP contribution in [0, 0.1) is 5.41 Å². The summed E-state index contributed by atoms with van der Waals surface area (Å²) in [6, 6.07) is 14.8. The van der Waals surface area contributed by atoms with Gasteiger partial charge in [0.25, 0.3) is 5.91 Å². The predicted molar refractivity (Wildman–Crippen MR) is 96.8 cm³/mol. The molecule has 0 spiro atoms. The summed E-state index contributed by atoms with van der Waals surface area (Å²) < 4.78 is 5.64. The lowest BCUT2D eigenvalue weighted by molar-refractivity contribution is -0.146. The molecule has 0 aliphatic carbocycles. The number of para-hydroxylation sites is 1. The molecule has 2 rings (SSSR count). The smallest absolute Gasteiger partial charge is 0.310 e. The molecule has 2 N–H and O–H groups in total. The number of ether oxygens (including phenoxy) is 1. The largest absolute Gasteiger partial charge is 0.493 e. The van der Waals surface area contributed by atoms with Gasteiger partial charge in [-0.15, -0.1) is 0 Å². The second kappa shape index (κ2) is 7.83. The molecule has 0 aromatic heterocycles. The van der Waals surface area contributed by atoms with Crippen LogP contribution in [-0.4, -0.2) is 30.1 Å². The first-order valence-corrected chi connectivity index (χ1v) is 8.19. The first-order valence-electron chi connectivity index (χ1n) is 8.19. The molecule has 2 aromatic rings. The Bertz CT molecular complexity index is 768. The molecule has 2 aromatic carbocycles. The van der Waals surface area contributed by atoms with E-state index in [1.54, 1.807) is 32.0 Å². The summed E-state index contributed by atoms with van der Waals surface area (Å²) in [4.78, 5) is 23.5. The van der Waals surface area contributed by atoms with Crippen molar-refractivity contribution >= 4 is 11.9 Å². The van der Waals surface area contributed by atoms with Gasteiger partial charge < -0.3 is 15.2 Å². The highest BCUT2D eigenvalue weighted by Gasteiger charge is 2.27. The van der Waals surface area contributed by atoms with Gasteiger partial charge in [0.1, 0.15) is 5.75 Å². The van der Waals surface area contributed by atoms with Crippen LogP contribution < -0.4 is 10.1 Å². The van der Waals surface area contributed by atoms with Crippen molar-refractivity contribution in [1.82, 2.24) is 5.32 Å². The van der Waals surface area contributed by atoms with E-state index < -0.39 is 11.4 Å². The minimum absolute atomic E-state index is 0.0565. The van der Waals surface area contributed by atoms with Gasteiger partial charge in [-0.25, -0.2) is 0 Å². The molecule has 0 saturated carbocycles. The zero-order valence-electron chi connectivity index (χ0n) is 14.7. The number of hydrogen-bond donors (Lipinski definition) is 2. The Hall–Kier alpha value is -2.82. The third kappa shape index (κ3) is 4.59. The fourth-order valence-corrected chi connectivity index (χ4v) is 2.29. The predicted octanol–water partition coefficient (Wildman–Crippen LogP) is 3.59. The van der Waals surface area contributed by atoms with E-state index in [9.17, 15) is 9.59 Å². The summed E-state index contributed by atoms with van der Waals surface area (Å²) in [5, 5.41) is 11.8. The molecule has 0 radical (unpaired) electrons. The number of carboxylic acids is 1. The molecule has 0 bridgehead atoms. The van der Waals surface area contributed by atoms with Gasteiger partial charge in [-0.05, 0) is 44.5 Å². The van der Waals surface area contributed by atoms with Crippen LogP contribution in [0.4, 0.5) is 0 Å². The van der Waals surface area contributed by atoms with Crippen LogP contribution in [-0.2, 0) is 4.79 Å². The van der Waals surface area contributed by atoms with Gasteiger partial charge in [0, 0.05) is 17.7 Å². The molecule has 0 heterocycles. The number of carbonyl (C=O) groups is 2. The van der Waals surface area contributed by atoms with E-state index in [1.807, 2.05) is 37.3 Å². The third-order valence-corrected chi connectivity index (χ3v) is 3.89. The Morgan fingerprint density at radius 3 is 2.52 bits per heavy atom. The van der Waals surface area contributed by atoms with Crippen molar-refractivity contribution < 1.29 is 19.4 Å². The van der Waals surface area contributed by atoms with E-state index >= 15 is 0 Å². The molecule has 1 amide bonds. The number of nitrogens with one attached hydrogen (secondary N) is 1. The fourth-order valence-electron chi connectivity index (χ4n) is 2.29. The first kappa shape index (κ1) is 18.5. The van der Waals surface area contributed by atoms with Crippen molar-refractivity contribution in [1.29, 1.82) is 0 Å². The van der Waals surface area contributed by atoms with Crippen molar-refractivity contribution in [2.24, 2.45) is 5.41 Å². The number of carboxylic acid groups (broad SMARTS) is 1. The molecule has 0 aliphatic rings. The lowest BCUT2D eigenvalue weighted by Crippen LogP contribution is -2.38. The van der Waals surface area contributed by atoms with Crippen LogP contribution in [0.5, 0.6) is 5.75 Å². The monoisotopic (exact) mass is 341 g/mol. The van der Waals surface area contributed by atoms with Crippen molar-refractivity contribution in [3.05, 3.63) is 54.1 Å². The number of rotatable bonds is 7. The molecule has 5 nitrogen and oxygen atoms in total. The van der Waals surface area contributed by atoms with Crippen molar-refractivity contribution in [2.45, 2.75) is 20.8 Å². The van der Waals surface area contributed by atoms with Gasteiger partial charge in [-0.2, -0.15) is 0 Å². The summed E-state index contributed by atoms with van der Waals surface area (Å²) in [5.41, 5.74) is 1.23. The van der Waals surface area contributed by atoms with Gasteiger partial charge in [-0.3, -0.25) is 9.59 Å². The standard InChI is InChI=1S/C20H23NO4/c1-4-25-17-11-6-5-10-16(17)14-8-7-9-15(12-14)18(22)21-13-20(2,3)19(23)24/h5-12H,4,13H2,1-3H3,(H,21,22)(H,23,24). The molecular formula is C20H23NO4. The van der Waals surface area contributed by atoms with E-state index in [1.165, 1.54) is 0 Å². The topological polar surface area (TPSA) is 75.6 Å². The molecule has 25 heavy (non-hydrogen) atoms. The Labute approximate surface area is 147 Å². The van der Waals surface area contributed by atoms with Gasteiger partial charge >= 0.3 is 5.97 Å². The molecule has 132 valence electrons. The number of carbonyl (C=O) groups excluding carboxylic acids is 1. The molecule has 0 fully saturated rings. The maximum absolute atomic E-state index is 12.4. The number of benzene rings is 2. The molecule has 0 aliphatic heterocycles. The van der Waals surface area contributed by atoms with Gasteiger partial charge in [-0.1, -0.05) is 30.3 Å². The van der Waals surface area contributed by atoms with E-state index in [2.05, 4.69) is 5.32 Å². The highest BCUT2D eigenvalue weighted by atomic mass is 16.5. The number of aliphatic carboxylic acids is 1. The van der Waals surface area contributed by atoms with Gasteiger partial charge in [0.15, 0.2) is 0 Å². The molecule has 0 saturated heterocycles. The van der Waals surface area contributed by atoms with Crippen LogP contribution in [0.15, 0.2) is 48.5 Å². The van der Waals surface area contributed by atoms with Crippen LogP contribution in [0.1, 0.15) is 31.1 Å². The highest BCUT2D eigenvalue weighted by molar-refractivity contribution is 5.96. The SMILES string of the molecule is CCOc1ccccc1-c1cccc(C(=O)NCC(C)(C)C(=O)O)c1. The second-order valence-corrected chi connectivity index (χ2v) is 6.38. The molecule has 5 heteroatoms. The maximum Gasteiger partial charge on any atom is 0.310 e. The lowest BCUT2D eigenvalue weighted by atomic mass is 9.93. The molecule has 0 unspecified atom stereocenters. The Morgan fingerprint density at radius 2 is 1.84 bits per heavy atom. The minimum atomic E-state index is -1.02. The quantitative estimate of drug-likeness (QED) is 0.807. The Balaban J connectivity index is 2.22. The van der Waals surface area contributed by atoms with Crippen molar-refractivity contribution in [2.75, 3.05) is 13.2 Å². The lowest BCUT2D eigenvalue weighted by Gasteiger charge is -2.19. The van der Waals surface area contributed by atoms with Crippen molar-refractivity contribution in [3.8, 4) is 16.9 Å². The van der Waals surface area contributed by atoms with Crippen LogP contribution in [0.2, 0.25) is 0 Å². The molecular weight excluding hydrogens is 318 g/mol. The zero-order chi connectivity index (χ0) is 18.4.